The van der Waals surface area contributed by atoms with Crippen LogP contribution in [0.3, 0.4) is 0 Å². The maximum atomic E-state index is 12.1. The van der Waals surface area contributed by atoms with E-state index in [1.807, 2.05) is 6.92 Å². The standard InChI is InChI=1S/C14H21ClN4OS/c1-2-13(20)19-8-4-6-12(19)11-5-3-7-18(11)9-10-14(15)21-17-16-10/h11-12H,2-9H2,1H3/t11-,12-/m0/s1. The molecular formula is C14H21ClN4OS. The van der Waals surface area contributed by atoms with E-state index in [0.717, 1.165) is 44.6 Å². The molecular weight excluding hydrogens is 308 g/mol. The van der Waals surface area contributed by atoms with Crippen molar-refractivity contribution < 1.29 is 4.79 Å². The van der Waals surface area contributed by atoms with Crippen LogP contribution in [0.15, 0.2) is 0 Å². The third-order valence-corrected chi connectivity index (χ3v) is 5.63. The van der Waals surface area contributed by atoms with Crippen molar-refractivity contribution in [3.8, 4) is 0 Å². The van der Waals surface area contributed by atoms with Crippen molar-refractivity contribution in [1.29, 1.82) is 0 Å². The van der Waals surface area contributed by atoms with E-state index in [2.05, 4.69) is 19.4 Å². The molecule has 3 heterocycles. The summed E-state index contributed by atoms with van der Waals surface area (Å²) in [5, 5.41) is 4.12. The quantitative estimate of drug-likeness (QED) is 0.852. The van der Waals surface area contributed by atoms with E-state index in [0.29, 0.717) is 22.8 Å². The van der Waals surface area contributed by atoms with Crippen molar-refractivity contribution >= 4 is 29.0 Å². The van der Waals surface area contributed by atoms with Crippen LogP contribution in [0.1, 0.15) is 44.7 Å². The minimum absolute atomic E-state index is 0.290. The molecule has 0 radical (unpaired) electrons. The van der Waals surface area contributed by atoms with Crippen molar-refractivity contribution in [2.24, 2.45) is 0 Å². The Morgan fingerprint density at radius 3 is 2.81 bits per heavy atom. The summed E-state index contributed by atoms with van der Waals surface area (Å²) >= 11 is 7.37. The summed E-state index contributed by atoms with van der Waals surface area (Å²) in [4.78, 5) is 16.7. The van der Waals surface area contributed by atoms with Gasteiger partial charge in [0.05, 0.1) is 0 Å². The zero-order valence-corrected chi connectivity index (χ0v) is 13.9. The molecule has 2 aliphatic rings. The molecule has 0 unspecified atom stereocenters. The molecule has 0 spiro atoms. The molecule has 1 aromatic heterocycles. The fourth-order valence-electron chi connectivity index (χ4n) is 3.67. The molecule has 2 saturated heterocycles. The van der Waals surface area contributed by atoms with E-state index in [1.54, 1.807) is 0 Å². The monoisotopic (exact) mass is 328 g/mol. The Bertz CT molecular complexity index is 509. The summed E-state index contributed by atoms with van der Waals surface area (Å²) in [6, 6.07) is 0.811. The average Bonchev–Trinajstić information content (AvgIpc) is 3.20. The molecule has 1 aromatic rings. The first-order valence-electron chi connectivity index (χ1n) is 7.71. The first-order chi connectivity index (χ1) is 10.2. The van der Waals surface area contributed by atoms with Gasteiger partial charge in [-0.25, -0.2) is 0 Å². The summed E-state index contributed by atoms with van der Waals surface area (Å²) in [5.41, 5.74) is 0.875. The second kappa shape index (κ2) is 6.58. The van der Waals surface area contributed by atoms with Crippen LogP contribution in [0.4, 0.5) is 0 Å². The van der Waals surface area contributed by atoms with E-state index in [9.17, 15) is 4.79 Å². The molecule has 3 rings (SSSR count). The smallest absolute Gasteiger partial charge is 0.222 e. The van der Waals surface area contributed by atoms with Crippen LogP contribution in [0.5, 0.6) is 0 Å². The molecule has 0 N–H and O–H groups in total. The Kier molecular flexibility index (Phi) is 4.76. The van der Waals surface area contributed by atoms with Gasteiger partial charge in [-0.05, 0) is 32.2 Å². The second-order valence-corrected chi connectivity index (χ2v) is 7.18. The Hall–Kier alpha value is -0.720. The number of rotatable bonds is 4. The van der Waals surface area contributed by atoms with Gasteiger partial charge in [0.25, 0.3) is 0 Å². The number of likely N-dealkylation sites (tertiary alicyclic amines) is 2. The van der Waals surface area contributed by atoms with Crippen molar-refractivity contribution in [3.63, 3.8) is 0 Å². The number of carbonyl (C=O) groups excluding carboxylic acids is 1. The fraction of sp³-hybridized carbons (Fsp3) is 0.786. The lowest BCUT2D eigenvalue weighted by molar-refractivity contribution is -0.132. The van der Waals surface area contributed by atoms with Gasteiger partial charge in [-0.1, -0.05) is 23.0 Å². The van der Waals surface area contributed by atoms with Gasteiger partial charge in [0.15, 0.2) is 0 Å². The normalized spacial score (nSPS) is 26.7. The minimum atomic E-state index is 0.290. The van der Waals surface area contributed by atoms with Crippen LogP contribution >= 0.6 is 23.1 Å². The number of carbonyl (C=O) groups is 1. The van der Waals surface area contributed by atoms with Crippen LogP contribution in [-0.4, -0.2) is 50.5 Å². The van der Waals surface area contributed by atoms with Crippen molar-refractivity contribution in [3.05, 3.63) is 10.0 Å². The molecule has 0 saturated carbocycles. The van der Waals surface area contributed by atoms with Crippen molar-refractivity contribution in [1.82, 2.24) is 19.4 Å². The van der Waals surface area contributed by atoms with E-state index in [-0.39, 0.29) is 5.91 Å². The largest absolute Gasteiger partial charge is 0.338 e. The molecule has 0 bridgehead atoms. The summed E-state index contributed by atoms with van der Waals surface area (Å²) in [6.07, 6.45) is 5.19. The maximum Gasteiger partial charge on any atom is 0.222 e. The fourth-order valence-corrected chi connectivity index (χ4v) is 4.28. The Morgan fingerprint density at radius 1 is 1.33 bits per heavy atom. The van der Waals surface area contributed by atoms with Gasteiger partial charge in [-0.2, -0.15) is 0 Å². The van der Waals surface area contributed by atoms with Crippen LogP contribution in [0, 0.1) is 0 Å². The third-order valence-electron chi connectivity index (χ3n) is 4.64. The van der Waals surface area contributed by atoms with E-state index in [4.69, 9.17) is 11.6 Å². The number of hydrogen-bond donors (Lipinski definition) is 0. The lowest BCUT2D eigenvalue weighted by Gasteiger charge is -2.34. The van der Waals surface area contributed by atoms with Gasteiger partial charge in [0, 0.05) is 43.1 Å². The van der Waals surface area contributed by atoms with Gasteiger partial charge >= 0.3 is 0 Å². The lowest BCUT2D eigenvalue weighted by Crippen LogP contribution is -2.47. The Balaban J connectivity index is 1.71. The highest BCUT2D eigenvalue weighted by atomic mass is 35.5. The van der Waals surface area contributed by atoms with Crippen LogP contribution in [0.25, 0.3) is 0 Å². The van der Waals surface area contributed by atoms with Gasteiger partial charge in [-0.15, -0.1) is 5.10 Å². The zero-order chi connectivity index (χ0) is 14.8. The molecule has 2 atom stereocenters. The van der Waals surface area contributed by atoms with E-state index < -0.39 is 0 Å². The topological polar surface area (TPSA) is 49.3 Å². The Morgan fingerprint density at radius 2 is 2.10 bits per heavy atom. The highest BCUT2D eigenvalue weighted by molar-refractivity contribution is 7.10. The summed E-state index contributed by atoms with van der Waals surface area (Å²) < 4.78 is 4.60. The zero-order valence-electron chi connectivity index (χ0n) is 12.3. The first-order valence-corrected chi connectivity index (χ1v) is 8.86. The highest BCUT2D eigenvalue weighted by Gasteiger charge is 2.39. The van der Waals surface area contributed by atoms with Gasteiger partial charge in [-0.3, -0.25) is 9.69 Å². The summed E-state index contributed by atoms with van der Waals surface area (Å²) in [5.74, 6) is 0.290. The van der Waals surface area contributed by atoms with Gasteiger partial charge in [0.1, 0.15) is 10.0 Å². The van der Waals surface area contributed by atoms with E-state index >= 15 is 0 Å². The Labute approximate surface area is 134 Å². The maximum absolute atomic E-state index is 12.1. The summed E-state index contributed by atoms with van der Waals surface area (Å²) in [7, 11) is 0. The van der Waals surface area contributed by atoms with Crippen LogP contribution < -0.4 is 0 Å². The number of aromatic nitrogens is 2. The molecule has 1 amide bonds. The molecule has 0 aliphatic carbocycles. The number of amides is 1. The van der Waals surface area contributed by atoms with Crippen LogP contribution in [0.2, 0.25) is 4.34 Å². The van der Waals surface area contributed by atoms with Crippen molar-refractivity contribution in [2.75, 3.05) is 13.1 Å². The van der Waals surface area contributed by atoms with Gasteiger partial charge < -0.3 is 4.90 Å². The minimum Gasteiger partial charge on any atom is -0.338 e. The molecule has 2 aliphatic heterocycles. The van der Waals surface area contributed by atoms with Gasteiger partial charge in [0.2, 0.25) is 5.91 Å². The lowest BCUT2D eigenvalue weighted by atomic mass is 10.0. The summed E-state index contributed by atoms with van der Waals surface area (Å²) in [6.45, 7) is 4.68. The SMILES string of the molecule is CCC(=O)N1CCC[C@H]1[C@@H]1CCCN1Cc1nnsc1Cl. The molecule has 116 valence electrons. The first kappa shape index (κ1) is 15.2. The second-order valence-electron chi connectivity index (χ2n) is 5.82. The number of halogens is 1. The number of hydrogen-bond acceptors (Lipinski definition) is 5. The van der Waals surface area contributed by atoms with Crippen molar-refractivity contribution in [2.45, 2.75) is 57.7 Å². The predicted molar refractivity (Wildman–Crippen MR) is 83.4 cm³/mol. The highest BCUT2D eigenvalue weighted by Crippen LogP contribution is 2.32. The predicted octanol–water partition coefficient (Wildman–Crippen LogP) is 2.56. The molecule has 21 heavy (non-hydrogen) atoms. The molecule has 5 nitrogen and oxygen atoms in total. The van der Waals surface area contributed by atoms with Crippen LogP contribution in [-0.2, 0) is 11.3 Å². The average molecular weight is 329 g/mol. The molecule has 7 heteroatoms. The third kappa shape index (κ3) is 3.07. The van der Waals surface area contributed by atoms with E-state index in [1.165, 1.54) is 18.0 Å². The molecule has 0 aromatic carbocycles. The molecule has 2 fully saturated rings. The number of nitrogens with zero attached hydrogens (tertiary/aromatic N) is 4.